The number of aromatic nitrogens is 1. The third kappa shape index (κ3) is 4.08. The fourth-order valence-corrected chi connectivity index (χ4v) is 4.72. The normalized spacial score (nSPS) is 23.2. The van der Waals surface area contributed by atoms with Gasteiger partial charge in [-0.15, -0.1) is 0 Å². The molecule has 2 aliphatic heterocycles. The second-order valence-corrected chi connectivity index (χ2v) is 7.91. The number of fused-ring (bicyclic) bond motifs is 1. The van der Waals surface area contributed by atoms with Crippen LogP contribution in [-0.4, -0.2) is 52.9 Å². The van der Waals surface area contributed by atoms with Crippen molar-refractivity contribution < 1.29 is 9.21 Å². The van der Waals surface area contributed by atoms with Crippen molar-refractivity contribution in [3.63, 3.8) is 0 Å². The summed E-state index contributed by atoms with van der Waals surface area (Å²) in [5.41, 5.74) is 2.12. The first-order valence-electron chi connectivity index (χ1n) is 10.2. The van der Waals surface area contributed by atoms with Crippen LogP contribution in [-0.2, 0) is 6.42 Å². The minimum Gasteiger partial charge on any atom is -0.438 e. The Bertz CT molecular complexity index is 758. The molecule has 0 N–H and O–H groups in total. The second kappa shape index (κ2) is 8.26. The summed E-state index contributed by atoms with van der Waals surface area (Å²) in [7, 11) is 0. The zero-order valence-corrected chi connectivity index (χ0v) is 16.1. The molecule has 0 unspecified atom stereocenters. The van der Waals surface area contributed by atoms with E-state index in [1.165, 1.54) is 24.8 Å². The fraction of sp³-hybridized carbons (Fsp3) is 0.545. The predicted molar refractivity (Wildman–Crippen MR) is 105 cm³/mol. The second-order valence-electron chi connectivity index (χ2n) is 7.91. The Kier molecular flexibility index (Phi) is 5.58. The largest absolute Gasteiger partial charge is 0.438 e. The van der Waals surface area contributed by atoms with Crippen LogP contribution in [0.15, 0.2) is 41.1 Å². The maximum absolute atomic E-state index is 12.9. The summed E-state index contributed by atoms with van der Waals surface area (Å²) in [5.74, 6) is 1.02. The van der Waals surface area contributed by atoms with E-state index in [1.807, 2.05) is 6.92 Å². The van der Waals surface area contributed by atoms with Crippen LogP contribution in [0.2, 0.25) is 0 Å². The highest BCUT2D eigenvalue weighted by atomic mass is 16.3. The lowest BCUT2D eigenvalue weighted by Crippen LogP contribution is -2.55. The smallest absolute Gasteiger partial charge is 0.291 e. The number of piperidine rings is 2. The Morgan fingerprint density at radius 2 is 2.07 bits per heavy atom. The van der Waals surface area contributed by atoms with E-state index in [9.17, 15) is 4.79 Å². The van der Waals surface area contributed by atoms with Crippen molar-refractivity contribution >= 4 is 5.91 Å². The SMILES string of the molecule is Cc1ncoc1C(=O)N1CCC[C@@H]2CN(CCCc3ccccc3)CC[C@@H]21. The van der Waals surface area contributed by atoms with E-state index in [0.717, 1.165) is 45.4 Å². The van der Waals surface area contributed by atoms with Gasteiger partial charge in [0.1, 0.15) is 0 Å². The molecule has 0 saturated carbocycles. The van der Waals surface area contributed by atoms with Crippen LogP contribution >= 0.6 is 0 Å². The number of rotatable bonds is 5. The minimum absolute atomic E-state index is 0.0252. The van der Waals surface area contributed by atoms with Crippen molar-refractivity contribution in [2.45, 2.75) is 45.1 Å². The maximum Gasteiger partial charge on any atom is 0.291 e. The number of carbonyl (C=O) groups is 1. The van der Waals surface area contributed by atoms with Gasteiger partial charge in [-0.2, -0.15) is 0 Å². The molecule has 1 aromatic carbocycles. The molecule has 144 valence electrons. The van der Waals surface area contributed by atoms with Crippen molar-refractivity contribution in [1.82, 2.24) is 14.8 Å². The fourth-order valence-electron chi connectivity index (χ4n) is 4.72. The maximum atomic E-state index is 12.9. The molecule has 2 aromatic rings. The Balaban J connectivity index is 1.32. The number of hydrogen-bond acceptors (Lipinski definition) is 4. The predicted octanol–water partition coefficient (Wildman–Crippen LogP) is 3.54. The summed E-state index contributed by atoms with van der Waals surface area (Å²) < 4.78 is 5.36. The minimum atomic E-state index is 0.0252. The van der Waals surface area contributed by atoms with Crippen molar-refractivity contribution in [2.75, 3.05) is 26.2 Å². The van der Waals surface area contributed by atoms with Crippen LogP contribution in [0, 0.1) is 12.8 Å². The van der Waals surface area contributed by atoms with Gasteiger partial charge in [0, 0.05) is 25.7 Å². The Labute approximate surface area is 161 Å². The van der Waals surface area contributed by atoms with Gasteiger partial charge in [-0.25, -0.2) is 4.98 Å². The first-order chi connectivity index (χ1) is 13.2. The molecule has 5 nitrogen and oxygen atoms in total. The van der Waals surface area contributed by atoms with Crippen molar-refractivity contribution in [3.8, 4) is 0 Å². The number of benzene rings is 1. The van der Waals surface area contributed by atoms with Crippen LogP contribution < -0.4 is 0 Å². The average Bonchev–Trinajstić information content (AvgIpc) is 3.13. The molecule has 27 heavy (non-hydrogen) atoms. The molecular formula is C22H29N3O2. The monoisotopic (exact) mass is 367 g/mol. The van der Waals surface area contributed by atoms with Gasteiger partial charge in [0.2, 0.25) is 5.76 Å². The number of oxazole rings is 1. The molecule has 3 heterocycles. The molecule has 4 rings (SSSR count). The molecule has 1 amide bonds. The number of likely N-dealkylation sites (tertiary alicyclic amines) is 2. The van der Waals surface area contributed by atoms with Crippen molar-refractivity contribution in [3.05, 3.63) is 53.7 Å². The van der Waals surface area contributed by atoms with Gasteiger partial charge in [0.15, 0.2) is 6.39 Å². The van der Waals surface area contributed by atoms with Gasteiger partial charge in [0.25, 0.3) is 5.91 Å². The van der Waals surface area contributed by atoms with Crippen LogP contribution in [0.25, 0.3) is 0 Å². The number of amides is 1. The van der Waals surface area contributed by atoms with Crippen LogP contribution in [0.5, 0.6) is 0 Å². The summed E-state index contributed by atoms with van der Waals surface area (Å²) in [6.07, 6.45) is 7.08. The molecule has 2 saturated heterocycles. The van der Waals surface area contributed by atoms with Crippen LogP contribution in [0.3, 0.4) is 0 Å². The summed E-state index contributed by atoms with van der Waals surface area (Å²) in [6, 6.07) is 11.1. The summed E-state index contributed by atoms with van der Waals surface area (Å²) in [6.45, 7) is 6.02. The van der Waals surface area contributed by atoms with Gasteiger partial charge >= 0.3 is 0 Å². The average molecular weight is 367 g/mol. The highest BCUT2D eigenvalue weighted by molar-refractivity contribution is 5.92. The first-order valence-corrected chi connectivity index (χ1v) is 10.2. The number of hydrogen-bond donors (Lipinski definition) is 0. The first kappa shape index (κ1) is 18.2. The van der Waals surface area contributed by atoms with E-state index in [1.54, 1.807) is 0 Å². The quantitative estimate of drug-likeness (QED) is 0.811. The lowest BCUT2D eigenvalue weighted by atomic mass is 9.83. The zero-order chi connectivity index (χ0) is 18.6. The Morgan fingerprint density at radius 1 is 1.22 bits per heavy atom. The van der Waals surface area contributed by atoms with Gasteiger partial charge < -0.3 is 14.2 Å². The molecule has 2 fully saturated rings. The van der Waals surface area contributed by atoms with E-state index < -0.39 is 0 Å². The third-order valence-electron chi connectivity index (χ3n) is 6.14. The van der Waals surface area contributed by atoms with Crippen LogP contribution in [0.1, 0.15) is 47.5 Å². The van der Waals surface area contributed by atoms with E-state index in [0.29, 0.717) is 23.4 Å². The van der Waals surface area contributed by atoms with E-state index in [2.05, 4.69) is 45.1 Å². The Morgan fingerprint density at radius 3 is 2.85 bits per heavy atom. The molecular weight excluding hydrogens is 338 g/mol. The van der Waals surface area contributed by atoms with Crippen LogP contribution in [0.4, 0.5) is 0 Å². The molecule has 0 aliphatic carbocycles. The molecule has 0 radical (unpaired) electrons. The number of aryl methyl sites for hydroxylation is 2. The van der Waals surface area contributed by atoms with Crippen molar-refractivity contribution in [2.24, 2.45) is 5.92 Å². The van der Waals surface area contributed by atoms with Gasteiger partial charge in [-0.1, -0.05) is 30.3 Å². The lowest BCUT2D eigenvalue weighted by Gasteiger charge is -2.47. The molecule has 2 aliphatic rings. The Hall–Kier alpha value is -2.14. The third-order valence-corrected chi connectivity index (χ3v) is 6.14. The standard InChI is InChI=1S/C22H29N3O2/c1-17-21(27-16-23-17)22(26)25-13-6-10-19-15-24(14-11-20(19)25)12-5-9-18-7-3-2-4-8-18/h2-4,7-8,16,19-20H,5-6,9-15H2,1H3/t19-,20+/m1/s1. The molecule has 2 atom stereocenters. The molecule has 0 bridgehead atoms. The summed E-state index contributed by atoms with van der Waals surface area (Å²) in [4.78, 5) is 21.7. The summed E-state index contributed by atoms with van der Waals surface area (Å²) >= 11 is 0. The highest BCUT2D eigenvalue weighted by Crippen LogP contribution is 2.32. The number of carbonyl (C=O) groups excluding carboxylic acids is 1. The van der Waals surface area contributed by atoms with Crippen molar-refractivity contribution in [1.29, 1.82) is 0 Å². The van der Waals surface area contributed by atoms with E-state index in [4.69, 9.17) is 4.42 Å². The van der Waals surface area contributed by atoms with Gasteiger partial charge in [-0.05, 0) is 57.1 Å². The molecule has 5 heteroatoms. The van der Waals surface area contributed by atoms with E-state index in [-0.39, 0.29) is 5.91 Å². The van der Waals surface area contributed by atoms with Gasteiger partial charge in [0.05, 0.1) is 5.69 Å². The number of nitrogens with zero attached hydrogens (tertiary/aromatic N) is 3. The zero-order valence-electron chi connectivity index (χ0n) is 16.1. The van der Waals surface area contributed by atoms with Gasteiger partial charge in [-0.3, -0.25) is 4.79 Å². The molecule has 0 spiro atoms. The lowest BCUT2D eigenvalue weighted by molar-refractivity contribution is 0.0178. The summed E-state index contributed by atoms with van der Waals surface area (Å²) in [5, 5.41) is 0. The topological polar surface area (TPSA) is 49.6 Å². The van der Waals surface area contributed by atoms with E-state index >= 15 is 0 Å². The molecule has 1 aromatic heterocycles. The highest BCUT2D eigenvalue weighted by Gasteiger charge is 2.39.